The summed E-state index contributed by atoms with van der Waals surface area (Å²) < 4.78 is 25.7. The summed E-state index contributed by atoms with van der Waals surface area (Å²) in [5, 5.41) is 3.00. The number of nitrogens with zero attached hydrogens (tertiary/aromatic N) is 2. The summed E-state index contributed by atoms with van der Waals surface area (Å²) in [6, 6.07) is 3.62. The Morgan fingerprint density at radius 3 is 2.72 bits per heavy atom. The maximum Gasteiger partial charge on any atom is 0.159 e. The van der Waals surface area contributed by atoms with Crippen molar-refractivity contribution in [1.82, 2.24) is 9.97 Å². The van der Waals surface area contributed by atoms with Gasteiger partial charge in [-0.3, -0.25) is 0 Å². The second kappa shape index (κ2) is 5.14. The molecule has 0 amide bonds. The molecule has 0 fully saturated rings. The molecule has 0 saturated heterocycles. The molecule has 0 unspecified atom stereocenters. The highest BCUT2D eigenvalue weighted by Crippen LogP contribution is 2.22. The van der Waals surface area contributed by atoms with Gasteiger partial charge in [0.15, 0.2) is 22.6 Å². The first-order valence-electron chi connectivity index (χ1n) is 5.01. The summed E-state index contributed by atoms with van der Waals surface area (Å²) >= 11 is 5.72. The van der Waals surface area contributed by atoms with Gasteiger partial charge in [0.2, 0.25) is 0 Å². The Morgan fingerprint density at radius 2 is 2.00 bits per heavy atom. The SMILES string of the molecule is Nc1c(Cl)ncnc1NCc1ccc(F)c(F)c1. The van der Waals surface area contributed by atoms with Crippen LogP contribution in [0.3, 0.4) is 0 Å². The first-order chi connectivity index (χ1) is 8.58. The molecule has 0 aliphatic rings. The highest BCUT2D eigenvalue weighted by molar-refractivity contribution is 6.32. The minimum absolute atomic E-state index is 0.137. The number of nitrogens with one attached hydrogen (secondary N) is 1. The lowest BCUT2D eigenvalue weighted by Gasteiger charge is -2.08. The van der Waals surface area contributed by atoms with Crippen molar-refractivity contribution in [3.63, 3.8) is 0 Å². The van der Waals surface area contributed by atoms with Crippen LogP contribution in [-0.4, -0.2) is 9.97 Å². The Kier molecular flexibility index (Phi) is 3.57. The molecule has 1 aromatic heterocycles. The molecule has 0 aliphatic heterocycles. The zero-order valence-electron chi connectivity index (χ0n) is 9.12. The van der Waals surface area contributed by atoms with Crippen LogP contribution < -0.4 is 11.1 Å². The van der Waals surface area contributed by atoms with Crippen LogP contribution >= 0.6 is 11.6 Å². The minimum Gasteiger partial charge on any atom is -0.393 e. The average molecular weight is 271 g/mol. The third-order valence-electron chi connectivity index (χ3n) is 2.28. The van der Waals surface area contributed by atoms with E-state index in [-0.39, 0.29) is 17.4 Å². The summed E-state index contributed by atoms with van der Waals surface area (Å²) in [6.07, 6.45) is 1.26. The predicted molar refractivity (Wildman–Crippen MR) is 65.1 cm³/mol. The van der Waals surface area contributed by atoms with Crippen molar-refractivity contribution in [2.45, 2.75) is 6.54 Å². The normalized spacial score (nSPS) is 10.4. The van der Waals surface area contributed by atoms with Crippen LogP contribution in [0.1, 0.15) is 5.56 Å². The van der Waals surface area contributed by atoms with Crippen molar-refractivity contribution in [2.24, 2.45) is 0 Å². The van der Waals surface area contributed by atoms with Gasteiger partial charge in [-0.05, 0) is 17.7 Å². The fraction of sp³-hybridized carbons (Fsp3) is 0.0909. The largest absolute Gasteiger partial charge is 0.393 e. The molecule has 18 heavy (non-hydrogen) atoms. The fourth-order valence-electron chi connectivity index (χ4n) is 1.35. The van der Waals surface area contributed by atoms with Gasteiger partial charge in [0, 0.05) is 6.54 Å². The van der Waals surface area contributed by atoms with E-state index in [1.54, 1.807) is 0 Å². The molecule has 2 aromatic rings. The second-order valence-electron chi connectivity index (χ2n) is 3.53. The van der Waals surface area contributed by atoms with Gasteiger partial charge in [0.05, 0.1) is 0 Å². The molecule has 3 N–H and O–H groups in total. The molecule has 0 radical (unpaired) electrons. The van der Waals surface area contributed by atoms with E-state index < -0.39 is 11.6 Å². The lowest BCUT2D eigenvalue weighted by Crippen LogP contribution is -2.06. The van der Waals surface area contributed by atoms with Gasteiger partial charge in [-0.2, -0.15) is 0 Å². The topological polar surface area (TPSA) is 63.8 Å². The first kappa shape index (κ1) is 12.5. The van der Waals surface area contributed by atoms with Gasteiger partial charge >= 0.3 is 0 Å². The van der Waals surface area contributed by atoms with Gasteiger partial charge in [-0.1, -0.05) is 17.7 Å². The van der Waals surface area contributed by atoms with E-state index in [4.69, 9.17) is 17.3 Å². The molecule has 4 nitrogen and oxygen atoms in total. The van der Waals surface area contributed by atoms with Gasteiger partial charge in [-0.15, -0.1) is 0 Å². The Balaban J connectivity index is 2.11. The molecule has 0 bridgehead atoms. The number of benzene rings is 1. The number of hydrogen-bond acceptors (Lipinski definition) is 4. The number of nitrogen functional groups attached to an aromatic ring is 1. The highest BCUT2D eigenvalue weighted by Gasteiger charge is 2.06. The van der Waals surface area contributed by atoms with E-state index in [0.29, 0.717) is 11.4 Å². The monoisotopic (exact) mass is 270 g/mol. The Labute approximate surface area is 107 Å². The van der Waals surface area contributed by atoms with Crippen molar-refractivity contribution < 1.29 is 8.78 Å². The third-order valence-corrected chi connectivity index (χ3v) is 2.58. The van der Waals surface area contributed by atoms with Crippen LogP contribution in [0.5, 0.6) is 0 Å². The third kappa shape index (κ3) is 2.65. The van der Waals surface area contributed by atoms with E-state index in [1.165, 1.54) is 12.4 Å². The molecule has 0 spiro atoms. The molecule has 0 atom stereocenters. The maximum atomic E-state index is 13.0. The zero-order valence-corrected chi connectivity index (χ0v) is 9.88. The predicted octanol–water partition coefficient (Wildman–Crippen LogP) is 2.60. The van der Waals surface area contributed by atoms with Crippen LogP contribution in [0.4, 0.5) is 20.3 Å². The summed E-state index contributed by atoms with van der Waals surface area (Å²) in [5.74, 6) is -1.44. The second-order valence-corrected chi connectivity index (χ2v) is 3.89. The summed E-state index contributed by atoms with van der Waals surface area (Å²) in [4.78, 5) is 7.59. The van der Waals surface area contributed by atoms with E-state index in [0.717, 1.165) is 12.1 Å². The fourth-order valence-corrected chi connectivity index (χ4v) is 1.48. The molecule has 94 valence electrons. The van der Waals surface area contributed by atoms with Gasteiger partial charge < -0.3 is 11.1 Å². The molecular formula is C11H9ClF2N4. The van der Waals surface area contributed by atoms with Crippen molar-refractivity contribution >= 4 is 23.1 Å². The molecule has 1 heterocycles. The highest BCUT2D eigenvalue weighted by atomic mass is 35.5. The van der Waals surface area contributed by atoms with E-state index in [1.807, 2.05) is 0 Å². The Bertz CT molecular complexity index is 577. The average Bonchev–Trinajstić information content (AvgIpc) is 2.35. The first-order valence-corrected chi connectivity index (χ1v) is 5.39. The maximum absolute atomic E-state index is 13.0. The van der Waals surface area contributed by atoms with Crippen LogP contribution in [-0.2, 0) is 6.54 Å². The Hall–Kier alpha value is -1.95. The smallest absolute Gasteiger partial charge is 0.159 e. The number of rotatable bonds is 3. The number of hydrogen-bond donors (Lipinski definition) is 2. The number of anilines is 2. The van der Waals surface area contributed by atoms with E-state index >= 15 is 0 Å². The quantitative estimate of drug-likeness (QED) is 0.842. The molecule has 0 aliphatic carbocycles. The molecule has 0 saturated carbocycles. The van der Waals surface area contributed by atoms with Crippen molar-refractivity contribution in [3.05, 3.63) is 46.9 Å². The minimum atomic E-state index is -0.900. The van der Waals surface area contributed by atoms with E-state index in [9.17, 15) is 8.78 Å². The number of halogens is 3. The summed E-state index contributed by atoms with van der Waals surface area (Å²) in [5.41, 5.74) is 6.42. The van der Waals surface area contributed by atoms with Crippen molar-refractivity contribution in [3.8, 4) is 0 Å². The number of nitrogens with two attached hydrogens (primary N) is 1. The standard InChI is InChI=1S/C11H9ClF2N4/c12-10-9(15)11(18-5-17-10)16-4-6-1-2-7(13)8(14)3-6/h1-3,5H,4,15H2,(H,16,17,18). The van der Waals surface area contributed by atoms with Crippen LogP contribution in [0, 0.1) is 11.6 Å². The van der Waals surface area contributed by atoms with Crippen LogP contribution in [0.25, 0.3) is 0 Å². The molecule has 7 heteroatoms. The Morgan fingerprint density at radius 1 is 1.22 bits per heavy atom. The lowest BCUT2D eigenvalue weighted by molar-refractivity contribution is 0.507. The van der Waals surface area contributed by atoms with E-state index in [2.05, 4.69) is 15.3 Å². The van der Waals surface area contributed by atoms with Crippen molar-refractivity contribution in [2.75, 3.05) is 11.1 Å². The number of aromatic nitrogens is 2. The molecule has 1 aromatic carbocycles. The molecular weight excluding hydrogens is 262 g/mol. The molecule has 2 rings (SSSR count). The zero-order chi connectivity index (χ0) is 13.1. The van der Waals surface area contributed by atoms with Crippen molar-refractivity contribution in [1.29, 1.82) is 0 Å². The van der Waals surface area contributed by atoms with Gasteiger partial charge in [0.25, 0.3) is 0 Å². The van der Waals surface area contributed by atoms with Crippen LogP contribution in [0.2, 0.25) is 5.15 Å². The summed E-state index contributed by atoms with van der Waals surface area (Å²) in [7, 11) is 0. The lowest BCUT2D eigenvalue weighted by atomic mass is 10.2. The van der Waals surface area contributed by atoms with Gasteiger partial charge in [0.1, 0.15) is 12.0 Å². The van der Waals surface area contributed by atoms with Crippen LogP contribution in [0.15, 0.2) is 24.5 Å². The summed E-state index contributed by atoms with van der Waals surface area (Å²) in [6.45, 7) is 0.245. The van der Waals surface area contributed by atoms with Gasteiger partial charge in [-0.25, -0.2) is 18.7 Å².